The molecule has 3 N–H and O–H groups in total. The molecule has 0 aromatic rings. The zero-order valence-electron chi connectivity index (χ0n) is 37.3. The van der Waals surface area contributed by atoms with Crippen molar-refractivity contribution in [2.45, 2.75) is 238 Å². The summed E-state index contributed by atoms with van der Waals surface area (Å²) >= 11 is 0. The molecule has 0 aliphatic heterocycles. The third-order valence-corrected chi connectivity index (χ3v) is 10.5. The normalized spacial score (nSPS) is 13.3. The Labute approximate surface area is 352 Å². The van der Waals surface area contributed by atoms with E-state index in [2.05, 4.69) is 61.7 Å². The molecule has 0 spiro atoms. The molecular formula is C51H91NO5. The van der Waals surface area contributed by atoms with Crippen LogP contribution in [-0.4, -0.2) is 47.4 Å². The van der Waals surface area contributed by atoms with Crippen molar-refractivity contribution in [3.05, 3.63) is 60.8 Å². The van der Waals surface area contributed by atoms with E-state index in [4.69, 9.17) is 4.74 Å². The molecule has 6 nitrogen and oxygen atoms in total. The van der Waals surface area contributed by atoms with Gasteiger partial charge < -0.3 is 20.3 Å². The van der Waals surface area contributed by atoms with Gasteiger partial charge in [-0.3, -0.25) is 9.59 Å². The molecule has 0 heterocycles. The average Bonchev–Trinajstić information content (AvgIpc) is 3.21. The highest BCUT2D eigenvalue weighted by atomic mass is 16.5. The molecule has 2 atom stereocenters. The number of carbonyl (C=O) groups excluding carboxylic acids is 2. The van der Waals surface area contributed by atoms with Crippen molar-refractivity contribution in [3.63, 3.8) is 0 Å². The molecular weight excluding hydrogens is 707 g/mol. The highest BCUT2D eigenvalue weighted by Gasteiger charge is 2.17. The number of nitrogens with one attached hydrogen (secondary N) is 1. The van der Waals surface area contributed by atoms with Crippen LogP contribution in [0.5, 0.6) is 0 Å². The maximum Gasteiger partial charge on any atom is 0.305 e. The van der Waals surface area contributed by atoms with E-state index >= 15 is 0 Å². The quantitative estimate of drug-likeness (QED) is 0.0324. The Morgan fingerprint density at radius 2 is 0.895 bits per heavy atom. The van der Waals surface area contributed by atoms with Gasteiger partial charge in [0.15, 0.2) is 0 Å². The van der Waals surface area contributed by atoms with Crippen molar-refractivity contribution in [1.29, 1.82) is 0 Å². The predicted octanol–water partition coefficient (Wildman–Crippen LogP) is 14.1. The average molecular weight is 798 g/mol. The summed E-state index contributed by atoms with van der Waals surface area (Å²) in [6, 6.07) is -0.672. The van der Waals surface area contributed by atoms with Crippen LogP contribution in [0.2, 0.25) is 0 Å². The number of ether oxygens (including phenoxy) is 1. The molecule has 330 valence electrons. The van der Waals surface area contributed by atoms with E-state index in [-0.39, 0.29) is 18.5 Å². The minimum atomic E-state index is -0.879. The number of esters is 1. The molecule has 0 saturated carbocycles. The van der Waals surface area contributed by atoms with Crippen LogP contribution in [0, 0.1) is 0 Å². The lowest BCUT2D eigenvalue weighted by molar-refractivity contribution is -0.143. The summed E-state index contributed by atoms with van der Waals surface area (Å²) in [7, 11) is 0. The van der Waals surface area contributed by atoms with E-state index in [1.165, 1.54) is 128 Å². The molecule has 0 bridgehead atoms. The van der Waals surface area contributed by atoms with E-state index in [1.54, 1.807) is 6.08 Å². The minimum absolute atomic E-state index is 0.0336. The number of unbranched alkanes of at least 4 members (excludes halogenated alkanes) is 24. The Balaban J connectivity index is 3.60. The maximum absolute atomic E-state index is 12.3. The highest BCUT2D eigenvalue weighted by molar-refractivity contribution is 5.76. The molecule has 1 amide bonds. The van der Waals surface area contributed by atoms with Crippen LogP contribution in [0.3, 0.4) is 0 Å². The summed E-state index contributed by atoms with van der Waals surface area (Å²) in [6.07, 6.45) is 57.9. The largest absolute Gasteiger partial charge is 0.466 e. The van der Waals surface area contributed by atoms with E-state index in [9.17, 15) is 19.8 Å². The number of hydrogen-bond donors (Lipinski definition) is 3. The summed E-state index contributed by atoms with van der Waals surface area (Å²) in [5, 5.41) is 22.9. The molecule has 6 heteroatoms. The van der Waals surface area contributed by atoms with Gasteiger partial charge in [0, 0.05) is 12.8 Å². The van der Waals surface area contributed by atoms with Crippen molar-refractivity contribution < 1.29 is 24.5 Å². The Kier molecular flexibility index (Phi) is 44.3. The Hall–Kier alpha value is -2.44. The zero-order valence-corrected chi connectivity index (χ0v) is 37.3. The summed E-state index contributed by atoms with van der Waals surface area (Å²) in [5.41, 5.74) is 0. The zero-order chi connectivity index (χ0) is 41.5. The number of aliphatic hydroxyl groups is 2. The van der Waals surface area contributed by atoms with Crippen LogP contribution in [-0.2, 0) is 14.3 Å². The first-order chi connectivity index (χ1) is 28.0. The summed E-state index contributed by atoms with van der Waals surface area (Å²) in [5.74, 6) is -0.187. The van der Waals surface area contributed by atoms with Gasteiger partial charge in [-0.1, -0.05) is 190 Å². The highest BCUT2D eigenvalue weighted by Crippen LogP contribution is 2.13. The molecule has 0 radical (unpaired) electrons. The van der Waals surface area contributed by atoms with E-state index in [0.29, 0.717) is 25.9 Å². The number of carbonyl (C=O) groups is 2. The van der Waals surface area contributed by atoms with Gasteiger partial charge in [-0.05, 0) is 83.5 Å². The van der Waals surface area contributed by atoms with Crippen LogP contribution in [0.15, 0.2) is 60.8 Å². The molecule has 0 aliphatic carbocycles. The summed E-state index contributed by atoms with van der Waals surface area (Å²) < 4.78 is 5.44. The summed E-state index contributed by atoms with van der Waals surface area (Å²) in [6.45, 7) is 4.77. The van der Waals surface area contributed by atoms with Gasteiger partial charge in [0.2, 0.25) is 5.91 Å². The standard InChI is InChI=1S/C51H91NO5/c1-3-5-7-9-11-13-15-16-17-18-21-25-29-33-37-41-45-51(56)57-46-42-38-34-30-26-22-19-20-24-28-32-36-40-44-50(55)52-48(47-53)49(54)43-39-35-31-27-23-14-12-10-8-6-4-2/h13,15,17-18,20,24,32,36,39,43,48-49,53-54H,3-12,14,16,19,21-23,25-31,33-35,37-38,40-42,44-47H2,1-2H3,(H,52,55)/b15-13-,18-17-,24-20-,36-32-,43-39+. The lowest BCUT2D eigenvalue weighted by atomic mass is 10.1. The summed E-state index contributed by atoms with van der Waals surface area (Å²) in [4.78, 5) is 24.3. The van der Waals surface area contributed by atoms with Crippen LogP contribution < -0.4 is 5.32 Å². The molecule has 2 unspecified atom stereocenters. The van der Waals surface area contributed by atoms with Crippen molar-refractivity contribution in [2.24, 2.45) is 0 Å². The number of hydrogen-bond acceptors (Lipinski definition) is 5. The molecule has 0 saturated heterocycles. The smallest absolute Gasteiger partial charge is 0.305 e. The van der Waals surface area contributed by atoms with Gasteiger partial charge in [0.25, 0.3) is 0 Å². The van der Waals surface area contributed by atoms with Crippen molar-refractivity contribution in [1.82, 2.24) is 5.32 Å². The predicted molar refractivity (Wildman–Crippen MR) is 245 cm³/mol. The van der Waals surface area contributed by atoms with E-state index in [0.717, 1.165) is 64.2 Å². The number of aliphatic hydroxyl groups excluding tert-OH is 2. The van der Waals surface area contributed by atoms with Crippen molar-refractivity contribution in [2.75, 3.05) is 13.2 Å². The topological polar surface area (TPSA) is 95.9 Å². The first-order valence-corrected chi connectivity index (χ1v) is 24.1. The van der Waals surface area contributed by atoms with Gasteiger partial charge in [0.1, 0.15) is 0 Å². The molecule has 0 aliphatic rings. The van der Waals surface area contributed by atoms with Crippen LogP contribution in [0.25, 0.3) is 0 Å². The van der Waals surface area contributed by atoms with Gasteiger partial charge in [-0.2, -0.15) is 0 Å². The number of allylic oxidation sites excluding steroid dienone is 9. The minimum Gasteiger partial charge on any atom is -0.466 e. The Bertz CT molecular complexity index is 1020. The maximum atomic E-state index is 12.3. The molecule has 0 rings (SSSR count). The lowest BCUT2D eigenvalue weighted by Crippen LogP contribution is -2.45. The lowest BCUT2D eigenvalue weighted by Gasteiger charge is -2.19. The van der Waals surface area contributed by atoms with Gasteiger partial charge in [-0.15, -0.1) is 0 Å². The van der Waals surface area contributed by atoms with Crippen LogP contribution in [0.4, 0.5) is 0 Å². The molecule has 57 heavy (non-hydrogen) atoms. The molecule has 0 aromatic heterocycles. The van der Waals surface area contributed by atoms with Gasteiger partial charge in [-0.25, -0.2) is 0 Å². The second-order valence-corrected chi connectivity index (χ2v) is 16.1. The second-order valence-electron chi connectivity index (χ2n) is 16.1. The van der Waals surface area contributed by atoms with Gasteiger partial charge in [0.05, 0.1) is 25.4 Å². The third-order valence-electron chi connectivity index (χ3n) is 10.5. The second kappa shape index (κ2) is 46.3. The van der Waals surface area contributed by atoms with Crippen LogP contribution >= 0.6 is 0 Å². The number of rotatable bonds is 43. The van der Waals surface area contributed by atoms with Crippen molar-refractivity contribution in [3.8, 4) is 0 Å². The molecule has 0 aromatic carbocycles. The third kappa shape index (κ3) is 43.0. The first-order valence-electron chi connectivity index (χ1n) is 24.1. The fourth-order valence-electron chi connectivity index (χ4n) is 6.77. The fourth-order valence-corrected chi connectivity index (χ4v) is 6.77. The molecule has 0 fully saturated rings. The van der Waals surface area contributed by atoms with Crippen molar-refractivity contribution >= 4 is 11.9 Å². The first kappa shape index (κ1) is 54.6. The monoisotopic (exact) mass is 798 g/mol. The van der Waals surface area contributed by atoms with E-state index < -0.39 is 12.1 Å². The Morgan fingerprint density at radius 1 is 0.491 bits per heavy atom. The van der Waals surface area contributed by atoms with Gasteiger partial charge >= 0.3 is 5.97 Å². The number of amides is 1. The van der Waals surface area contributed by atoms with E-state index in [1.807, 2.05) is 12.2 Å². The fraction of sp³-hybridized carbons (Fsp3) is 0.765. The Morgan fingerprint density at radius 3 is 1.39 bits per heavy atom. The SMILES string of the molecule is CCCCCC/C=C\C/C=C\CCCCCCCC(=O)OCCCCCCCC/C=C\C/C=C\CCC(=O)NC(CO)C(O)/C=C/CCCCCCCCCCC. The van der Waals surface area contributed by atoms with Crippen LogP contribution in [0.1, 0.15) is 226 Å².